The van der Waals surface area contributed by atoms with Crippen molar-refractivity contribution in [2.45, 2.75) is 50.0 Å². The molecule has 0 saturated heterocycles. The molecule has 0 aliphatic heterocycles. The van der Waals surface area contributed by atoms with Gasteiger partial charge in [-0.3, -0.25) is 0 Å². The summed E-state index contributed by atoms with van der Waals surface area (Å²) in [7, 11) is 5.33. The molecule has 1 aromatic carbocycles. The summed E-state index contributed by atoms with van der Waals surface area (Å²) in [5, 5.41) is 0. The Morgan fingerprint density at radius 2 is 1.62 bits per heavy atom. The van der Waals surface area contributed by atoms with Crippen molar-refractivity contribution in [3.05, 3.63) is 39.4 Å². The van der Waals surface area contributed by atoms with Crippen molar-refractivity contribution in [1.29, 1.82) is 0 Å². The predicted molar refractivity (Wildman–Crippen MR) is 113 cm³/mol. The van der Waals surface area contributed by atoms with E-state index in [4.69, 9.17) is 8.44 Å². The summed E-state index contributed by atoms with van der Waals surface area (Å²) in [5.41, 5.74) is 3.42. The van der Waals surface area contributed by atoms with Crippen LogP contribution in [0.25, 0.3) is 6.08 Å². The predicted octanol–water partition coefficient (Wildman–Crippen LogP) is 5.10. The molecule has 1 unspecified atom stereocenters. The first-order valence-electron chi connectivity index (χ1n) is 9.16. The minimum absolute atomic E-state index is 0.0467. The van der Waals surface area contributed by atoms with Crippen LogP contribution >= 0.6 is 15.9 Å². The van der Waals surface area contributed by atoms with Crippen molar-refractivity contribution in [3.8, 4) is 0 Å². The van der Waals surface area contributed by atoms with Gasteiger partial charge in [0.15, 0.2) is 0 Å². The summed E-state index contributed by atoms with van der Waals surface area (Å²) >= 11 is -1.73. The standard InChI is InChI=1S/C10H8Br.C4H10N.C2H7Si.3CH3O.Zr/c1-7-5-8-3-2-4-10(11)9(8)6-7;1-4(2,3)5;1-3-2;3*1-2;/h2-6H,1H3;5H,1-3H3;3H,1-2H3;3*1H3;/q;-1;;3*-1;+4. The van der Waals surface area contributed by atoms with E-state index in [1.54, 1.807) is 21.3 Å². The van der Waals surface area contributed by atoms with Gasteiger partial charge in [0.05, 0.1) is 0 Å². The zero-order chi connectivity index (χ0) is 20.0. The van der Waals surface area contributed by atoms with Crippen LogP contribution in [0, 0.1) is 0 Å². The second kappa shape index (κ2) is 6.72. The maximum atomic E-state index is 6.65. The Kier molecular flexibility index (Phi) is 5.86. The molecule has 0 amide bonds. The second-order valence-corrected chi connectivity index (χ2v) is 42.0. The van der Waals surface area contributed by atoms with Gasteiger partial charge in [-0.25, -0.2) is 0 Å². The normalized spacial score (nSPS) is 20.6. The fraction of sp³-hybridized carbons (Fsp3) is 0.579. The average Bonchev–Trinajstić information content (AvgIpc) is 2.91. The Hall–Kier alpha value is 0.380. The number of allylic oxidation sites excluding steroid dienone is 1. The Morgan fingerprint density at radius 3 is 2.04 bits per heavy atom. The molecule has 1 aliphatic rings. The molecule has 1 aromatic rings. The molecular weight excluding hydrogens is 489 g/mol. The van der Waals surface area contributed by atoms with Crippen molar-refractivity contribution in [3.63, 3.8) is 0 Å². The number of benzene rings is 1. The van der Waals surface area contributed by atoms with E-state index in [0.717, 1.165) is 4.47 Å². The molecule has 0 aromatic heterocycles. The van der Waals surface area contributed by atoms with Crippen molar-refractivity contribution >= 4 is 27.9 Å². The van der Waals surface area contributed by atoms with Crippen LogP contribution in [-0.4, -0.2) is 32.8 Å². The monoisotopic (exact) mass is 521 g/mol. The molecule has 1 N–H and O–H groups in total. The first-order valence-corrected chi connectivity index (χ1v) is 22.8. The molecular formula is C19H34BrNO3SiZr. The summed E-state index contributed by atoms with van der Waals surface area (Å²) in [4.78, 5) is 0. The van der Waals surface area contributed by atoms with Gasteiger partial charge in [0, 0.05) is 0 Å². The van der Waals surface area contributed by atoms with Gasteiger partial charge in [0.1, 0.15) is 0 Å². The molecule has 0 bridgehead atoms. The third-order valence-electron chi connectivity index (χ3n) is 6.40. The SMILES string of the molecule is C[O][Zr]([NH]C(C)(C)C)([O]C)([O]C)([CH]1C(C)=Cc2c(Br)cccc21)[SiH](C)C. The summed E-state index contributed by atoms with van der Waals surface area (Å²) < 4.78 is 24.9. The molecule has 0 fully saturated rings. The Morgan fingerprint density at radius 1 is 1.08 bits per heavy atom. The number of rotatable bonds is 6. The molecule has 0 spiro atoms. The van der Waals surface area contributed by atoms with E-state index < -0.39 is 24.0 Å². The number of hydrogen-bond donors (Lipinski definition) is 1. The maximum absolute atomic E-state index is 6.65. The third kappa shape index (κ3) is 2.77. The molecule has 1 aliphatic carbocycles. The molecule has 148 valence electrons. The van der Waals surface area contributed by atoms with E-state index >= 15 is 0 Å². The average molecular weight is 524 g/mol. The third-order valence-corrected chi connectivity index (χ3v) is 52.3. The quantitative estimate of drug-likeness (QED) is 0.527. The van der Waals surface area contributed by atoms with Gasteiger partial charge < -0.3 is 0 Å². The summed E-state index contributed by atoms with van der Waals surface area (Å²) in [6.07, 6.45) is 2.25. The van der Waals surface area contributed by atoms with E-state index in [1.165, 1.54) is 16.7 Å². The van der Waals surface area contributed by atoms with Crippen molar-refractivity contribution < 1.29 is 26.5 Å². The van der Waals surface area contributed by atoms with Crippen LogP contribution in [0.3, 0.4) is 0 Å². The van der Waals surface area contributed by atoms with Crippen LogP contribution in [0.1, 0.15) is 42.4 Å². The number of halogens is 1. The molecule has 4 nitrogen and oxygen atoms in total. The number of hydrogen-bond acceptors (Lipinski definition) is 4. The van der Waals surface area contributed by atoms with Crippen molar-refractivity contribution in [2.75, 3.05) is 21.3 Å². The first-order chi connectivity index (χ1) is 11.9. The van der Waals surface area contributed by atoms with E-state index in [2.05, 4.69) is 84.3 Å². The molecule has 0 radical (unpaired) electrons. The van der Waals surface area contributed by atoms with Gasteiger partial charge in [-0.1, -0.05) is 0 Å². The minimum atomic E-state index is -5.45. The molecule has 0 saturated carbocycles. The number of nitrogens with one attached hydrogen (secondary N) is 1. The van der Waals surface area contributed by atoms with Gasteiger partial charge in [-0.05, 0) is 0 Å². The van der Waals surface area contributed by atoms with Gasteiger partial charge >= 0.3 is 168 Å². The van der Waals surface area contributed by atoms with Crippen molar-refractivity contribution in [1.82, 2.24) is 3.26 Å². The van der Waals surface area contributed by atoms with Crippen LogP contribution in [0.15, 0.2) is 28.2 Å². The fourth-order valence-electron chi connectivity index (χ4n) is 5.30. The first kappa shape index (κ1) is 22.7. The summed E-state index contributed by atoms with van der Waals surface area (Å²) in [6.45, 7) is 13.2. The fourth-order valence-corrected chi connectivity index (χ4v) is 44.4. The number of fused-ring (bicyclic) bond motifs is 1. The van der Waals surface area contributed by atoms with Gasteiger partial charge in [-0.15, -0.1) is 0 Å². The topological polar surface area (TPSA) is 39.7 Å². The molecule has 26 heavy (non-hydrogen) atoms. The zero-order valence-electron chi connectivity index (χ0n) is 17.6. The van der Waals surface area contributed by atoms with Crippen LogP contribution in [-0.2, 0) is 26.5 Å². The van der Waals surface area contributed by atoms with Crippen LogP contribution in [0.4, 0.5) is 0 Å². The molecule has 0 heterocycles. The van der Waals surface area contributed by atoms with Crippen LogP contribution < -0.4 is 3.26 Å². The van der Waals surface area contributed by atoms with E-state index in [-0.39, 0.29) is 9.16 Å². The van der Waals surface area contributed by atoms with Crippen LogP contribution in [0.2, 0.25) is 13.1 Å². The second-order valence-electron chi connectivity index (χ2n) is 8.92. The Balaban J connectivity index is 3.01. The van der Waals surface area contributed by atoms with Crippen LogP contribution in [0.5, 0.6) is 0 Å². The summed E-state index contributed by atoms with van der Waals surface area (Å²) in [6, 6.07) is 6.35. The zero-order valence-corrected chi connectivity index (χ0v) is 22.8. The van der Waals surface area contributed by atoms with Gasteiger partial charge in [0.2, 0.25) is 0 Å². The van der Waals surface area contributed by atoms with Gasteiger partial charge in [-0.2, -0.15) is 0 Å². The van der Waals surface area contributed by atoms with Gasteiger partial charge in [0.25, 0.3) is 0 Å². The Bertz CT molecular complexity index is 742. The molecule has 1 atom stereocenters. The Labute approximate surface area is 167 Å². The summed E-state index contributed by atoms with van der Waals surface area (Å²) in [5.74, 6) is -1.69. The van der Waals surface area contributed by atoms with E-state index in [1.807, 2.05) is 0 Å². The van der Waals surface area contributed by atoms with E-state index in [0.29, 0.717) is 0 Å². The van der Waals surface area contributed by atoms with E-state index in [9.17, 15) is 0 Å². The van der Waals surface area contributed by atoms with Crippen molar-refractivity contribution in [2.24, 2.45) is 0 Å². The molecule has 7 heteroatoms. The molecule has 2 rings (SSSR count).